The molecule has 1 fully saturated rings. The number of nitrogens with zero attached hydrogens (tertiary/aromatic N) is 3. The molecular formula is C17H20FN5O2. The van der Waals surface area contributed by atoms with Crippen LogP contribution in [0.25, 0.3) is 0 Å². The van der Waals surface area contributed by atoms with Crippen molar-refractivity contribution in [2.75, 3.05) is 10.6 Å². The Hall–Kier alpha value is -2.77. The minimum absolute atomic E-state index is 0.155. The summed E-state index contributed by atoms with van der Waals surface area (Å²) in [5.74, 6) is 0.0758. The van der Waals surface area contributed by atoms with E-state index in [1.165, 1.54) is 24.9 Å². The third kappa shape index (κ3) is 4.40. The normalized spacial score (nSPS) is 14.9. The number of nitro groups is 1. The van der Waals surface area contributed by atoms with Gasteiger partial charge in [0.15, 0.2) is 0 Å². The summed E-state index contributed by atoms with van der Waals surface area (Å²) in [6.07, 6.45) is 6.72. The molecule has 0 unspecified atom stereocenters. The van der Waals surface area contributed by atoms with Crippen molar-refractivity contribution in [2.45, 2.75) is 44.7 Å². The van der Waals surface area contributed by atoms with Crippen molar-refractivity contribution in [3.63, 3.8) is 0 Å². The van der Waals surface area contributed by atoms with Gasteiger partial charge in [0.05, 0.1) is 4.92 Å². The lowest BCUT2D eigenvalue weighted by Gasteiger charge is -2.23. The number of benzene rings is 1. The highest BCUT2D eigenvalue weighted by molar-refractivity contribution is 5.69. The SMILES string of the molecule is O=[N+]([O-])c1c(NCc2ccc(F)cc2)ncnc1NC1CCCCC1. The molecule has 2 aromatic rings. The maximum atomic E-state index is 13.0. The Labute approximate surface area is 144 Å². The largest absolute Gasteiger partial charge is 0.361 e. The maximum Gasteiger partial charge on any atom is 0.353 e. The zero-order valence-corrected chi connectivity index (χ0v) is 13.7. The van der Waals surface area contributed by atoms with Crippen molar-refractivity contribution in [3.8, 4) is 0 Å². The molecule has 2 N–H and O–H groups in total. The molecule has 25 heavy (non-hydrogen) atoms. The zero-order valence-electron chi connectivity index (χ0n) is 13.7. The van der Waals surface area contributed by atoms with E-state index in [9.17, 15) is 14.5 Å². The highest BCUT2D eigenvalue weighted by Gasteiger charge is 2.25. The number of halogens is 1. The molecule has 1 saturated carbocycles. The Morgan fingerprint density at radius 3 is 2.48 bits per heavy atom. The quantitative estimate of drug-likeness (QED) is 0.609. The summed E-state index contributed by atoms with van der Waals surface area (Å²) in [4.78, 5) is 19.1. The van der Waals surface area contributed by atoms with Crippen LogP contribution < -0.4 is 10.6 Å². The molecule has 0 saturated heterocycles. The van der Waals surface area contributed by atoms with Crippen molar-refractivity contribution < 1.29 is 9.31 Å². The fourth-order valence-electron chi connectivity index (χ4n) is 3.02. The summed E-state index contributed by atoms with van der Waals surface area (Å²) < 4.78 is 13.0. The molecule has 0 aliphatic heterocycles. The Morgan fingerprint density at radius 2 is 1.80 bits per heavy atom. The van der Waals surface area contributed by atoms with E-state index in [-0.39, 0.29) is 29.2 Å². The van der Waals surface area contributed by atoms with Gasteiger partial charge in [-0.2, -0.15) is 0 Å². The lowest BCUT2D eigenvalue weighted by molar-refractivity contribution is -0.383. The predicted molar refractivity (Wildman–Crippen MR) is 92.9 cm³/mol. The number of hydrogen-bond acceptors (Lipinski definition) is 6. The van der Waals surface area contributed by atoms with Crippen LogP contribution in [0.15, 0.2) is 30.6 Å². The minimum atomic E-state index is -0.474. The second-order valence-corrected chi connectivity index (χ2v) is 6.14. The van der Waals surface area contributed by atoms with Gasteiger partial charge in [0.2, 0.25) is 11.6 Å². The van der Waals surface area contributed by atoms with Gasteiger partial charge in [0.25, 0.3) is 0 Å². The van der Waals surface area contributed by atoms with E-state index >= 15 is 0 Å². The first-order valence-corrected chi connectivity index (χ1v) is 8.37. The third-order valence-corrected chi connectivity index (χ3v) is 4.32. The summed E-state index contributed by atoms with van der Waals surface area (Å²) >= 11 is 0. The summed E-state index contributed by atoms with van der Waals surface area (Å²) in [6, 6.07) is 6.14. The molecule has 3 rings (SSSR count). The van der Waals surface area contributed by atoms with Crippen LogP contribution >= 0.6 is 0 Å². The average molecular weight is 345 g/mol. The molecule has 8 heteroatoms. The van der Waals surface area contributed by atoms with Crippen LogP contribution in [0, 0.1) is 15.9 Å². The van der Waals surface area contributed by atoms with Crippen LogP contribution in [0.4, 0.5) is 21.7 Å². The van der Waals surface area contributed by atoms with Crippen LogP contribution in [0.2, 0.25) is 0 Å². The maximum absolute atomic E-state index is 13.0. The van der Waals surface area contributed by atoms with E-state index in [0.29, 0.717) is 6.54 Å². The molecule has 1 heterocycles. The Morgan fingerprint density at radius 1 is 1.12 bits per heavy atom. The number of nitrogens with one attached hydrogen (secondary N) is 2. The van der Waals surface area contributed by atoms with Gasteiger partial charge in [-0.05, 0) is 30.5 Å². The molecule has 0 bridgehead atoms. The van der Waals surface area contributed by atoms with Crippen molar-refractivity contribution in [1.82, 2.24) is 9.97 Å². The molecule has 1 aliphatic carbocycles. The van der Waals surface area contributed by atoms with Gasteiger partial charge in [0, 0.05) is 12.6 Å². The highest BCUT2D eigenvalue weighted by Crippen LogP contribution is 2.31. The number of aromatic nitrogens is 2. The van der Waals surface area contributed by atoms with Gasteiger partial charge in [-0.3, -0.25) is 10.1 Å². The first-order valence-electron chi connectivity index (χ1n) is 8.37. The summed E-state index contributed by atoms with van der Waals surface area (Å²) in [5, 5.41) is 17.7. The number of rotatable bonds is 6. The van der Waals surface area contributed by atoms with E-state index in [2.05, 4.69) is 20.6 Å². The highest BCUT2D eigenvalue weighted by atomic mass is 19.1. The summed E-state index contributed by atoms with van der Waals surface area (Å²) in [7, 11) is 0. The van der Waals surface area contributed by atoms with Crippen LogP contribution in [-0.2, 0) is 6.54 Å². The molecular weight excluding hydrogens is 325 g/mol. The molecule has 7 nitrogen and oxygen atoms in total. The van der Waals surface area contributed by atoms with Crippen molar-refractivity contribution >= 4 is 17.3 Å². The lowest BCUT2D eigenvalue weighted by Crippen LogP contribution is -2.23. The fourth-order valence-corrected chi connectivity index (χ4v) is 3.02. The van der Waals surface area contributed by atoms with Crippen LogP contribution in [-0.4, -0.2) is 20.9 Å². The molecule has 1 aromatic carbocycles. The number of hydrogen-bond donors (Lipinski definition) is 2. The van der Waals surface area contributed by atoms with Crippen LogP contribution in [0.3, 0.4) is 0 Å². The van der Waals surface area contributed by atoms with E-state index < -0.39 is 4.92 Å². The predicted octanol–water partition coefficient (Wildman–Crippen LogP) is 3.88. The van der Waals surface area contributed by atoms with Crippen LogP contribution in [0.5, 0.6) is 0 Å². The average Bonchev–Trinajstić information content (AvgIpc) is 2.62. The second-order valence-electron chi connectivity index (χ2n) is 6.14. The molecule has 1 aromatic heterocycles. The molecule has 132 valence electrons. The van der Waals surface area contributed by atoms with Crippen molar-refractivity contribution in [3.05, 3.63) is 52.1 Å². The molecule has 0 atom stereocenters. The molecule has 1 aliphatic rings. The van der Waals surface area contributed by atoms with Gasteiger partial charge in [0.1, 0.15) is 12.1 Å². The van der Waals surface area contributed by atoms with E-state index in [1.807, 2.05) is 0 Å². The standard InChI is InChI=1S/C17H20FN5O2/c18-13-8-6-12(7-9-13)10-19-16-15(23(24)25)17(21-11-20-16)22-14-4-2-1-3-5-14/h6-9,11,14H,1-5,10H2,(H2,19,20,21,22). The third-order valence-electron chi connectivity index (χ3n) is 4.32. The minimum Gasteiger partial charge on any atom is -0.361 e. The molecule has 0 amide bonds. The van der Waals surface area contributed by atoms with E-state index in [4.69, 9.17) is 0 Å². The van der Waals surface area contributed by atoms with Gasteiger partial charge in [-0.15, -0.1) is 0 Å². The Balaban J connectivity index is 1.77. The Kier molecular flexibility index (Phi) is 5.37. The fraction of sp³-hybridized carbons (Fsp3) is 0.412. The van der Waals surface area contributed by atoms with Crippen molar-refractivity contribution in [2.24, 2.45) is 0 Å². The van der Waals surface area contributed by atoms with Crippen molar-refractivity contribution in [1.29, 1.82) is 0 Å². The molecule has 0 spiro atoms. The lowest BCUT2D eigenvalue weighted by atomic mass is 9.95. The van der Waals surface area contributed by atoms with Gasteiger partial charge >= 0.3 is 5.69 Å². The second kappa shape index (κ2) is 7.87. The van der Waals surface area contributed by atoms with E-state index in [0.717, 1.165) is 31.2 Å². The first-order chi connectivity index (χ1) is 12.1. The zero-order chi connectivity index (χ0) is 17.6. The van der Waals surface area contributed by atoms with E-state index in [1.54, 1.807) is 12.1 Å². The van der Waals surface area contributed by atoms with Crippen LogP contribution in [0.1, 0.15) is 37.7 Å². The van der Waals surface area contributed by atoms with Gasteiger partial charge < -0.3 is 10.6 Å². The molecule has 0 radical (unpaired) electrons. The number of anilines is 2. The summed E-state index contributed by atoms with van der Waals surface area (Å²) in [5.41, 5.74) is 0.645. The summed E-state index contributed by atoms with van der Waals surface area (Å²) in [6.45, 7) is 0.307. The first kappa shape index (κ1) is 17.1. The van der Waals surface area contributed by atoms with Gasteiger partial charge in [-0.1, -0.05) is 31.4 Å². The van der Waals surface area contributed by atoms with Gasteiger partial charge in [-0.25, -0.2) is 14.4 Å². The topological polar surface area (TPSA) is 93.0 Å². The smallest absolute Gasteiger partial charge is 0.353 e. The monoisotopic (exact) mass is 345 g/mol. The Bertz CT molecular complexity index is 732.